The molecule has 9 heteroatoms. The number of amides is 1. The van der Waals surface area contributed by atoms with Crippen molar-refractivity contribution in [3.63, 3.8) is 0 Å². The minimum absolute atomic E-state index is 0.0379. The normalized spacial score (nSPS) is 14.1. The number of hydrogen-bond donors (Lipinski definition) is 0. The molecule has 0 aliphatic carbocycles. The summed E-state index contributed by atoms with van der Waals surface area (Å²) in [5.74, 6) is 1.07. The van der Waals surface area contributed by atoms with Gasteiger partial charge in [0.15, 0.2) is 0 Å². The van der Waals surface area contributed by atoms with E-state index in [0.29, 0.717) is 29.8 Å². The summed E-state index contributed by atoms with van der Waals surface area (Å²) < 4.78 is 23.8. The molecule has 0 radical (unpaired) electrons. The molecule has 1 aliphatic heterocycles. The van der Waals surface area contributed by atoms with Gasteiger partial charge in [0.2, 0.25) is 11.8 Å². The Balaban J connectivity index is 1.26. The molecule has 0 saturated carbocycles. The number of methoxy groups -OCH3 is 1. The average Bonchev–Trinajstić information content (AvgIpc) is 3.27. The van der Waals surface area contributed by atoms with Gasteiger partial charge in [0.25, 0.3) is 5.22 Å². The van der Waals surface area contributed by atoms with Crippen LogP contribution in [-0.2, 0) is 4.79 Å². The molecule has 0 atom stereocenters. The van der Waals surface area contributed by atoms with Crippen molar-refractivity contribution < 1.29 is 18.3 Å². The van der Waals surface area contributed by atoms with Crippen LogP contribution in [0.2, 0.25) is 0 Å². The number of carbonyl (C=O) groups is 1. The highest BCUT2D eigenvalue weighted by molar-refractivity contribution is 7.99. The number of rotatable bonds is 6. The number of thioether (sulfide) groups is 1. The van der Waals surface area contributed by atoms with Gasteiger partial charge in [-0.25, -0.2) is 4.39 Å². The van der Waals surface area contributed by atoms with Crippen LogP contribution in [0.1, 0.15) is 0 Å². The zero-order valence-electron chi connectivity index (χ0n) is 16.5. The van der Waals surface area contributed by atoms with Crippen molar-refractivity contribution in [2.75, 3.05) is 43.9 Å². The summed E-state index contributed by atoms with van der Waals surface area (Å²) >= 11 is 1.21. The third-order valence-electron chi connectivity index (χ3n) is 4.89. The van der Waals surface area contributed by atoms with Gasteiger partial charge in [-0.2, -0.15) is 0 Å². The minimum Gasteiger partial charge on any atom is -0.497 e. The fourth-order valence-electron chi connectivity index (χ4n) is 3.20. The molecule has 0 N–H and O–H groups in total. The monoisotopic (exact) mass is 428 g/mol. The molecule has 3 aromatic rings. The van der Waals surface area contributed by atoms with E-state index in [-0.39, 0.29) is 17.5 Å². The van der Waals surface area contributed by atoms with E-state index in [1.807, 2.05) is 29.2 Å². The molecule has 0 unspecified atom stereocenters. The predicted molar refractivity (Wildman–Crippen MR) is 112 cm³/mol. The van der Waals surface area contributed by atoms with Crippen LogP contribution in [0.5, 0.6) is 5.75 Å². The Bertz CT molecular complexity index is 986. The lowest BCUT2D eigenvalue weighted by Crippen LogP contribution is -2.49. The molecule has 156 valence electrons. The molecule has 0 spiro atoms. The highest BCUT2D eigenvalue weighted by Crippen LogP contribution is 2.24. The Labute approximate surface area is 177 Å². The summed E-state index contributed by atoms with van der Waals surface area (Å²) in [5.41, 5.74) is 1.76. The first kappa shape index (κ1) is 20.2. The number of halogens is 1. The van der Waals surface area contributed by atoms with Gasteiger partial charge >= 0.3 is 0 Å². The van der Waals surface area contributed by atoms with E-state index < -0.39 is 0 Å². The molecule has 1 fully saturated rings. The van der Waals surface area contributed by atoms with E-state index in [1.165, 1.54) is 23.9 Å². The van der Waals surface area contributed by atoms with Gasteiger partial charge < -0.3 is 19.0 Å². The van der Waals surface area contributed by atoms with Crippen molar-refractivity contribution in [2.24, 2.45) is 0 Å². The van der Waals surface area contributed by atoms with E-state index in [2.05, 4.69) is 15.1 Å². The molecular formula is C21H21FN4O3S. The maximum Gasteiger partial charge on any atom is 0.277 e. The zero-order chi connectivity index (χ0) is 20.9. The summed E-state index contributed by atoms with van der Waals surface area (Å²) in [7, 11) is 1.65. The molecule has 4 rings (SSSR count). The molecule has 2 aromatic carbocycles. The largest absolute Gasteiger partial charge is 0.497 e. The van der Waals surface area contributed by atoms with E-state index in [9.17, 15) is 9.18 Å². The van der Waals surface area contributed by atoms with Crippen LogP contribution >= 0.6 is 11.8 Å². The van der Waals surface area contributed by atoms with Crippen molar-refractivity contribution in [1.82, 2.24) is 15.1 Å². The number of piperazine rings is 1. The molecule has 0 bridgehead atoms. The van der Waals surface area contributed by atoms with Gasteiger partial charge in [0.1, 0.15) is 11.6 Å². The van der Waals surface area contributed by atoms with Crippen molar-refractivity contribution in [3.8, 4) is 17.2 Å². The number of benzene rings is 2. The van der Waals surface area contributed by atoms with Crippen LogP contribution in [0.25, 0.3) is 11.5 Å². The number of hydrogen-bond acceptors (Lipinski definition) is 7. The van der Waals surface area contributed by atoms with Crippen LogP contribution in [-0.4, -0.2) is 60.0 Å². The first-order valence-corrected chi connectivity index (χ1v) is 10.5. The van der Waals surface area contributed by atoms with Crippen molar-refractivity contribution in [2.45, 2.75) is 5.22 Å². The topological polar surface area (TPSA) is 71.7 Å². The first-order valence-electron chi connectivity index (χ1n) is 9.51. The lowest BCUT2D eigenvalue weighted by molar-refractivity contribution is -0.128. The summed E-state index contributed by atoms with van der Waals surface area (Å²) in [6.45, 7) is 2.88. The van der Waals surface area contributed by atoms with Gasteiger partial charge in [-0.05, 0) is 48.5 Å². The number of carbonyl (C=O) groups excluding carboxylic acids is 1. The van der Waals surface area contributed by atoms with E-state index in [1.54, 1.807) is 19.2 Å². The van der Waals surface area contributed by atoms with Gasteiger partial charge in [-0.3, -0.25) is 4.79 Å². The van der Waals surface area contributed by atoms with Crippen molar-refractivity contribution >= 4 is 23.4 Å². The molecule has 30 heavy (non-hydrogen) atoms. The Kier molecular flexibility index (Phi) is 6.18. The van der Waals surface area contributed by atoms with E-state index >= 15 is 0 Å². The average molecular weight is 428 g/mol. The van der Waals surface area contributed by atoms with Crippen LogP contribution in [0.3, 0.4) is 0 Å². The van der Waals surface area contributed by atoms with Crippen LogP contribution in [0, 0.1) is 5.82 Å². The Morgan fingerprint density at radius 3 is 2.43 bits per heavy atom. The summed E-state index contributed by atoms with van der Waals surface area (Å²) in [4.78, 5) is 16.7. The third-order valence-corrected chi connectivity index (χ3v) is 5.69. The summed E-state index contributed by atoms with van der Waals surface area (Å²) in [5, 5.41) is 8.24. The van der Waals surface area contributed by atoms with Crippen LogP contribution in [0.4, 0.5) is 10.1 Å². The third kappa shape index (κ3) is 4.73. The lowest BCUT2D eigenvalue weighted by atomic mass is 10.2. The summed E-state index contributed by atoms with van der Waals surface area (Å²) in [6, 6.07) is 13.8. The maximum atomic E-state index is 13.0. The quantitative estimate of drug-likeness (QED) is 0.558. The van der Waals surface area contributed by atoms with E-state index in [0.717, 1.165) is 24.5 Å². The first-order chi connectivity index (χ1) is 14.6. The van der Waals surface area contributed by atoms with Crippen molar-refractivity contribution in [3.05, 3.63) is 54.3 Å². The van der Waals surface area contributed by atoms with E-state index in [4.69, 9.17) is 9.15 Å². The second-order valence-corrected chi connectivity index (χ2v) is 7.66. The van der Waals surface area contributed by atoms with Crippen LogP contribution < -0.4 is 9.64 Å². The molecule has 1 saturated heterocycles. The maximum absolute atomic E-state index is 13.0. The fraction of sp³-hybridized carbons (Fsp3) is 0.286. The molecular weight excluding hydrogens is 407 g/mol. The number of nitrogens with zero attached hydrogens (tertiary/aromatic N) is 4. The fourth-order valence-corrected chi connectivity index (χ4v) is 3.87. The smallest absolute Gasteiger partial charge is 0.277 e. The Hall–Kier alpha value is -3.07. The Morgan fingerprint density at radius 1 is 1.07 bits per heavy atom. The molecule has 2 heterocycles. The van der Waals surface area contributed by atoms with Gasteiger partial charge in [-0.1, -0.05) is 11.8 Å². The van der Waals surface area contributed by atoms with Crippen molar-refractivity contribution in [1.29, 1.82) is 0 Å². The molecule has 7 nitrogen and oxygen atoms in total. The number of anilines is 1. The summed E-state index contributed by atoms with van der Waals surface area (Å²) in [6.07, 6.45) is 0. The minimum atomic E-state index is -0.328. The lowest BCUT2D eigenvalue weighted by Gasteiger charge is -2.36. The highest BCUT2D eigenvalue weighted by atomic mass is 32.2. The predicted octanol–water partition coefficient (Wildman–Crippen LogP) is 3.33. The zero-order valence-corrected chi connectivity index (χ0v) is 17.3. The standard InChI is InChI=1S/C21H21FN4O3S/c1-28-18-8-6-17(7-9-18)25-10-12-26(13-11-25)19(27)14-30-21-24-23-20(29-21)15-2-4-16(22)5-3-15/h2-9H,10-14H2,1H3. The van der Waals surface area contributed by atoms with Crippen LogP contribution in [0.15, 0.2) is 58.2 Å². The molecule has 1 aromatic heterocycles. The number of aromatic nitrogens is 2. The Morgan fingerprint density at radius 2 is 1.77 bits per heavy atom. The van der Waals surface area contributed by atoms with Gasteiger partial charge in [0, 0.05) is 37.4 Å². The van der Waals surface area contributed by atoms with Gasteiger partial charge in [-0.15, -0.1) is 10.2 Å². The van der Waals surface area contributed by atoms with Gasteiger partial charge in [0.05, 0.1) is 12.9 Å². The highest BCUT2D eigenvalue weighted by Gasteiger charge is 2.22. The second-order valence-electron chi connectivity index (χ2n) is 6.73. The SMILES string of the molecule is COc1ccc(N2CCN(C(=O)CSc3nnc(-c4ccc(F)cc4)o3)CC2)cc1. The molecule has 1 amide bonds. The number of ether oxygens (including phenoxy) is 1. The molecule has 1 aliphatic rings. The second kappa shape index (κ2) is 9.17.